The molecule has 0 saturated heterocycles. The summed E-state index contributed by atoms with van der Waals surface area (Å²) >= 11 is 0. The van der Waals surface area contributed by atoms with E-state index in [-0.39, 0.29) is 19.6 Å². The van der Waals surface area contributed by atoms with E-state index >= 15 is 0 Å². The van der Waals surface area contributed by atoms with Crippen molar-refractivity contribution in [3.05, 3.63) is 41.5 Å². The van der Waals surface area contributed by atoms with Crippen LogP contribution in [0.4, 0.5) is 8.78 Å². The summed E-state index contributed by atoms with van der Waals surface area (Å²) in [4.78, 5) is 0. The van der Waals surface area contributed by atoms with Gasteiger partial charge in [0, 0.05) is 0 Å². The Morgan fingerprint density at radius 3 is 2.43 bits per heavy atom. The van der Waals surface area contributed by atoms with Gasteiger partial charge in [0.05, 0.1) is 13.2 Å². The molecule has 0 bridgehead atoms. The fraction of sp³-hybridized carbons (Fsp3) is 0.467. The van der Waals surface area contributed by atoms with Gasteiger partial charge in [-0.15, -0.1) is 0 Å². The summed E-state index contributed by atoms with van der Waals surface area (Å²) in [7, 11) is -4.02. The van der Waals surface area contributed by atoms with Crippen LogP contribution in [0, 0.1) is 0 Å². The smallest absolute Gasteiger partial charge is 0.308 e. The quantitative estimate of drug-likeness (QED) is 0.705. The second kappa shape index (κ2) is 6.39. The van der Waals surface area contributed by atoms with Gasteiger partial charge in [0.25, 0.3) is 6.43 Å². The largest absolute Gasteiger partial charge is 0.347 e. The minimum Gasteiger partial charge on any atom is -0.308 e. The molecule has 3 nitrogen and oxygen atoms in total. The zero-order valence-electron chi connectivity index (χ0n) is 12.1. The topological polar surface area (TPSA) is 35.5 Å². The van der Waals surface area contributed by atoms with Crippen LogP contribution in [-0.2, 0) is 18.8 Å². The summed E-state index contributed by atoms with van der Waals surface area (Å²) in [5, 5.41) is -1.94. The van der Waals surface area contributed by atoms with Gasteiger partial charge in [-0.05, 0) is 31.4 Å². The summed E-state index contributed by atoms with van der Waals surface area (Å²) in [5.74, 6) is 0. The molecule has 6 heteroatoms. The van der Waals surface area contributed by atoms with E-state index in [9.17, 15) is 13.3 Å². The SMILES string of the molecule is CCOP(=O)(OCC)C1(C(F)F)CC=Cc2ccccc21. The van der Waals surface area contributed by atoms with Crippen LogP contribution in [0.5, 0.6) is 0 Å². The number of hydrogen-bond acceptors (Lipinski definition) is 3. The van der Waals surface area contributed by atoms with Crippen LogP contribution in [0.15, 0.2) is 30.3 Å². The Kier molecular flexibility index (Phi) is 4.97. The maximum absolute atomic E-state index is 14.0. The summed E-state index contributed by atoms with van der Waals surface area (Å²) in [5.41, 5.74) is 0.955. The second-order valence-electron chi connectivity index (χ2n) is 4.75. The lowest BCUT2D eigenvalue weighted by molar-refractivity contribution is 0.0650. The van der Waals surface area contributed by atoms with Crippen molar-refractivity contribution in [1.82, 2.24) is 0 Å². The summed E-state index contributed by atoms with van der Waals surface area (Å²) in [6.45, 7) is 3.35. The van der Waals surface area contributed by atoms with E-state index in [2.05, 4.69) is 0 Å². The zero-order valence-corrected chi connectivity index (χ0v) is 13.0. The number of benzene rings is 1. The molecule has 0 radical (unpaired) electrons. The number of halogens is 2. The molecule has 0 fully saturated rings. The Hall–Kier alpha value is -1.03. The number of hydrogen-bond donors (Lipinski definition) is 0. The van der Waals surface area contributed by atoms with Gasteiger partial charge < -0.3 is 9.05 Å². The molecule has 1 aliphatic carbocycles. The third-order valence-corrected chi connectivity index (χ3v) is 6.39. The molecule has 0 aromatic heterocycles. The molecule has 0 N–H and O–H groups in total. The second-order valence-corrected chi connectivity index (χ2v) is 7.06. The van der Waals surface area contributed by atoms with Gasteiger partial charge in [0.15, 0.2) is 5.16 Å². The standard InChI is InChI=1S/C15H19F2O3P/c1-3-19-21(18,20-4-2)15(14(16)17)11-7-9-12-8-5-6-10-13(12)15/h5-10,14H,3-4,11H2,1-2H3. The first-order valence-electron chi connectivity index (χ1n) is 6.95. The van der Waals surface area contributed by atoms with Crippen LogP contribution >= 0.6 is 7.60 Å². The van der Waals surface area contributed by atoms with Gasteiger partial charge in [-0.1, -0.05) is 36.4 Å². The molecule has 0 spiro atoms. The Bertz CT molecular complexity index is 564. The molecule has 0 amide bonds. The number of allylic oxidation sites excluding steroid dienone is 1. The molecule has 1 aromatic carbocycles. The monoisotopic (exact) mass is 316 g/mol. The number of fused-ring (bicyclic) bond motifs is 1. The average Bonchev–Trinajstić information content (AvgIpc) is 2.46. The highest BCUT2D eigenvalue weighted by Crippen LogP contribution is 2.70. The molecule has 1 unspecified atom stereocenters. The van der Waals surface area contributed by atoms with Crippen LogP contribution < -0.4 is 0 Å². The normalized spacial score (nSPS) is 21.6. The predicted octanol–water partition coefficient (Wildman–Crippen LogP) is 4.83. The lowest BCUT2D eigenvalue weighted by Crippen LogP contribution is -2.37. The minimum absolute atomic E-state index is 0.0532. The van der Waals surface area contributed by atoms with Gasteiger partial charge in [0.2, 0.25) is 0 Å². The molecule has 21 heavy (non-hydrogen) atoms. The third kappa shape index (κ3) is 2.59. The van der Waals surface area contributed by atoms with Crippen molar-refractivity contribution in [2.24, 2.45) is 0 Å². The predicted molar refractivity (Wildman–Crippen MR) is 78.6 cm³/mol. The van der Waals surface area contributed by atoms with Crippen molar-refractivity contribution < 1.29 is 22.4 Å². The van der Waals surface area contributed by atoms with Crippen LogP contribution in [0.25, 0.3) is 6.08 Å². The molecule has 0 aliphatic heterocycles. The highest BCUT2D eigenvalue weighted by atomic mass is 31.2. The number of alkyl halides is 2. The summed E-state index contributed by atoms with van der Waals surface area (Å²) < 4.78 is 51.7. The average molecular weight is 316 g/mol. The maximum Gasteiger partial charge on any atom is 0.347 e. The van der Waals surface area contributed by atoms with Crippen LogP contribution in [0.1, 0.15) is 31.4 Å². The van der Waals surface area contributed by atoms with Gasteiger partial charge in [-0.2, -0.15) is 0 Å². The highest BCUT2D eigenvalue weighted by molar-refractivity contribution is 7.55. The zero-order chi connectivity index (χ0) is 15.5. The van der Waals surface area contributed by atoms with Crippen LogP contribution in [0.2, 0.25) is 0 Å². The first-order chi connectivity index (χ1) is 10.0. The summed E-state index contributed by atoms with van der Waals surface area (Å²) in [6.07, 6.45) is 0.448. The van der Waals surface area contributed by atoms with Crippen molar-refractivity contribution in [2.75, 3.05) is 13.2 Å². The third-order valence-electron chi connectivity index (χ3n) is 3.60. The molecule has 0 saturated carbocycles. The van der Waals surface area contributed by atoms with Gasteiger partial charge in [-0.25, -0.2) is 8.78 Å². The molecule has 0 heterocycles. The highest BCUT2D eigenvalue weighted by Gasteiger charge is 2.59. The molecule has 1 atom stereocenters. The van der Waals surface area contributed by atoms with E-state index in [1.807, 2.05) is 0 Å². The molecule has 1 aliphatic rings. The first kappa shape index (κ1) is 16.3. The van der Waals surface area contributed by atoms with E-state index in [1.54, 1.807) is 50.3 Å². The Balaban J connectivity index is 2.67. The minimum atomic E-state index is -4.02. The Labute approximate surface area is 123 Å². The van der Waals surface area contributed by atoms with Gasteiger partial charge in [0.1, 0.15) is 0 Å². The molecular weight excluding hydrogens is 297 g/mol. The molecule has 1 aromatic rings. The fourth-order valence-corrected chi connectivity index (χ4v) is 4.99. The summed E-state index contributed by atoms with van der Waals surface area (Å²) in [6, 6.07) is 6.73. The maximum atomic E-state index is 14.0. The van der Waals surface area contributed by atoms with Crippen molar-refractivity contribution in [2.45, 2.75) is 31.8 Å². The van der Waals surface area contributed by atoms with Crippen LogP contribution in [0.3, 0.4) is 0 Å². The molecular formula is C15H19F2O3P. The van der Waals surface area contributed by atoms with Gasteiger partial charge >= 0.3 is 7.60 Å². The fourth-order valence-electron chi connectivity index (χ4n) is 2.71. The van der Waals surface area contributed by atoms with Crippen LogP contribution in [-0.4, -0.2) is 19.6 Å². The Morgan fingerprint density at radius 2 is 1.86 bits per heavy atom. The molecule has 116 valence electrons. The number of rotatable bonds is 6. The first-order valence-corrected chi connectivity index (χ1v) is 8.49. The van der Waals surface area contributed by atoms with Gasteiger partial charge in [-0.3, -0.25) is 4.57 Å². The van der Waals surface area contributed by atoms with Crippen molar-refractivity contribution in [3.8, 4) is 0 Å². The van der Waals surface area contributed by atoms with E-state index in [1.165, 1.54) is 0 Å². The van der Waals surface area contributed by atoms with Crippen molar-refractivity contribution >= 4 is 13.7 Å². The van der Waals surface area contributed by atoms with Crippen molar-refractivity contribution in [3.63, 3.8) is 0 Å². The van der Waals surface area contributed by atoms with E-state index in [4.69, 9.17) is 9.05 Å². The van der Waals surface area contributed by atoms with E-state index in [0.29, 0.717) is 11.1 Å². The molecule has 2 rings (SSSR count). The Morgan fingerprint density at radius 1 is 1.24 bits per heavy atom. The lowest BCUT2D eigenvalue weighted by atomic mass is 9.86. The van der Waals surface area contributed by atoms with E-state index < -0.39 is 19.2 Å². The van der Waals surface area contributed by atoms with Crippen molar-refractivity contribution in [1.29, 1.82) is 0 Å². The van der Waals surface area contributed by atoms with E-state index in [0.717, 1.165) is 0 Å². The lowest BCUT2D eigenvalue weighted by Gasteiger charge is -2.40.